The summed E-state index contributed by atoms with van der Waals surface area (Å²) in [4.78, 5) is 41.2. The van der Waals surface area contributed by atoms with Crippen molar-refractivity contribution in [3.8, 4) is 0 Å². The van der Waals surface area contributed by atoms with Gasteiger partial charge in [0, 0.05) is 0 Å². The Morgan fingerprint density at radius 2 is 1.43 bits per heavy atom. The molecule has 0 radical (unpaired) electrons. The van der Waals surface area contributed by atoms with Crippen LogP contribution in [0, 0.1) is 0 Å². The molecule has 0 saturated carbocycles. The van der Waals surface area contributed by atoms with Crippen molar-refractivity contribution < 1.29 is 19.1 Å². The lowest BCUT2D eigenvalue weighted by Crippen LogP contribution is -2.39. The second kappa shape index (κ2) is 8.25. The van der Waals surface area contributed by atoms with Gasteiger partial charge in [-0.1, -0.05) is 60.7 Å². The topological polar surface area (TPSA) is 66.9 Å². The molecule has 2 aromatic carbocycles. The van der Waals surface area contributed by atoms with E-state index in [1.807, 2.05) is 74.5 Å². The number of benzene rings is 2. The van der Waals surface area contributed by atoms with E-state index < -0.39 is 24.1 Å². The maximum absolute atomic E-state index is 13.3. The van der Waals surface area contributed by atoms with Crippen LogP contribution in [0.25, 0.3) is 0 Å². The number of methoxy groups -OCH3 is 1. The molecule has 28 heavy (non-hydrogen) atoms. The monoisotopic (exact) mass is 380 g/mol. The molecule has 3 amide bonds. The summed E-state index contributed by atoms with van der Waals surface area (Å²) in [6.07, 6.45) is -0.170. The number of rotatable bonds is 6. The molecule has 1 saturated heterocycles. The number of imide groups is 1. The van der Waals surface area contributed by atoms with Gasteiger partial charge in [-0.3, -0.25) is 14.5 Å². The molecule has 6 heteroatoms. The molecule has 0 N–H and O–H groups in total. The van der Waals surface area contributed by atoms with Gasteiger partial charge in [-0.25, -0.2) is 4.79 Å². The van der Waals surface area contributed by atoms with Crippen LogP contribution in [0.5, 0.6) is 0 Å². The molecule has 0 spiro atoms. The van der Waals surface area contributed by atoms with Crippen molar-refractivity contribution in [3.05, 3.63) is 71.8 Å². The molecule has 0 aromatic heterocycles. The summed E-state index contributed by atoms with van der Waals surface area (Å²) in [7, 11) is 1.28. The SMILES string of the molecule is COC(=O)CC1C(=O)N([C@@H](C)c2ccccc2)C(=O)N1[C@@H](C)c1ccccc1. The molecule has 1 unspecified atom stereocenters. The highest BCUT2D eigenvalue weighted by Gasteiger charge is 2.50. The number of carbonyl (C=O) groups excluding carboxylic acids is 3. The smallest absolute Gasteiger partial charge is 0.328 e. The third-order valence-electron chi connectivity index (χ3n) is 5.24. The molecule has 6 nitrogen and oxygen atoms in total. The van der Waals surface area contributed by atoms with E-state index >= 15 is 0 Å². The number of urea groups is 1. The Bertz CT molecular complexity index is 853. The molecule has 146 valence electrons. The average molecular weight is 380 g/mol. The maximum Gasteiger partial charge on any atom is 0.328 e. The second-order valence-electron chi connectivity index (χ2n) is 6.87. The predicted molar refractivity (Wildman–Crippen MR) is 104 cm³/mol. The summed E-state index contributed by atoms with van der Waals surface area (Å²) in [5.74, 6) is -0.903. The minimum atomic E-state index is -0.888. The number of hydrogen-bond donors (Lipinski definition) is 0. The highest BCUT2D eigenvalue weighted by atomic mass is 16.5. The number of nitrogens with zero attached hydrogens (tertiary/aromatic N) is 2. The quantitative estimate of drug-likeness (QED) is 0.566. The third-order valence-corrected chi connectivity index (χ3v) is 5.24. The van der Waals surface area contributed by atoms with Crippen LogP contribution in [0.1, 0.15) is 43.5 Å². The highest BCUT2D eigenvalue weighted by molar-refractivity contribution is 6.06. The van der Waals surface area contributed by atoms with Crippen LogP contribution in [0.3, 0.4) is 0 Å². The van der Waals surface area contributed by atoms with Gasteiger partial charge in [0.15, 0.2) is 0 Å². The molecular weight excluding hydrogens is 356 g/mol. The van der Waals surface area contributed by atoms with Crippen molar-refractivity contribution in [2.24, 2.45) is 0 Å². The van der Waals surface area contributed by atoms with Gasteiger partial charge >= 0.3 is 12.0 Å². The Hall–Kier alpha value is -3.15. The van der Waals surface area contributed by atoms with Crippen LogP contribution >= 0.6 is 0 Å². The van der Waals surface area contributed by atoms with E-state index in [0.29, 0.717) is 0 Å². The molecule has 1 heterocycles. The van der Waals surface area contributed by atoms with Crippen LogP contribution in [0.4, 0.5) is 4.79 Å². The number of hydrogen-bond acceptors (Lipinski definition) is 4. The Balaban J connectivity index is 1.97. The van der Waals surface area contributed by atoms with Crippen LogP contribution in [-0.2, 0) is 14.3 Å². The van der Waals surface area contributed by atoms with E-state index in [9.17, 15) is 14.4 Å². The third kappa shape index (κ3) is 3.63. The van der Waals surface area contributed by atoms with E-state index in [1.54, 1.807) is 0 Å². The number of carbonyl (C=O) groups is 3. The van der Waals surface area contributed by atoms with Crippen molar-refractivity contribution in [1.82, 2.24) is 9.80 Å². The summed E-state index contributed by atoms with van der Waals surface area (Å²) in [6.45, 7) is 3.68. The van der Waals surface area contributed by atoms with E-state index in [-0.39, 0.29) is 18.4 Å². The van der Waals surface area contributed by atoms with Gasteiger partial charge in [0.05, 0.1) is 25.6 Å². The number of esters is 1. The fourth-order valence-corrected chi connectivity index (χ4v) is 3.62. The zero-order valence-corrected chi connectivity index (χ0v) is 16.2. The van der Waals surface area contributed by atoms with Crippen molar-refractivity contribution in [3.63, 3.8) is 0 Å². The van der Waals surface area contributed by atoms with Crippen LogP contribution in [-0.4, -0.2) is 40.9 Å². The van der Waals surface area contributed by atoms with Crippen molar-refractivity contribution in [2.45, 2.75) is 38.4 Å². The normalized spacial score (nSPS) is 18.9. The van der Waals surface area contributed by atoms with Gasteiger partial charge in [-0.15, -0.1) is 0 Å². The molecule has 1 fully saturated rings. The van der Waals surface area contributed by atoms with Gasteiger partial charge in [0.1, 0.15) is 6.04 Å². The maximum atomic E-state index is 13.3. The molecule has 0 bridgehead atoms. The lowest BCUT2D eigenvalue weighted by molar-refractivity contribution is -0.144. The second-order valence-corrected chi connectivity index (χ2v) is 6.87. The van der Waals surface area contributed by atoms with Crippen molar-refractivity contribution in [1.29, 1.82) is 0 Å². The van der Waals surface area contributed by atoms with E-state index in [2.05, 4.69) is 0 Å². The van der Waals surface area contributed by atoms with Gasteiger partial charge in [-0.05, 0) is 25.0 Å². The zero-order chi connectivity index (χ0) is 20.3. The summed E-state index contributed by atoms with van der Waals surface area (Å²) < 4.78 is 4.76. The molecule has 0 aliphatic carbocycles. The zero-order valence-electron chi connectivity index (χ0n) is 16.2. The first-order chi connectivity index (χ1) is 13.5. The summed E-state index contributed by atoms with van der Waals surface area (Å²) >= 11 is 0. The van der Waals surface area contributed by atoms with Crippen LogP contribution < -0.4 is 0 Å². The van der Waals surface area contributed by atoms with E-state index in [1.165, 1.54) is 16.9 Å². The average Bonchev–Trinajstić information content (AvgIpc) is 2.97. The largest absolute Gasteiger partial charge is 0.469 e. The highest BCUT2D eigenvalue weighted by Crippen LogP contribution is 2.35. The Labute approximate surface area is 164 Å². The molecule has 3 atom stereocenters. The van der Waals surface area contributed by atoms with Gasteiger partial charge < -0.3 is 9.64 Å². The van der Waals surface area contributed by atoms with Gasteiger partial charge in [0.2, 0.25) is 0 Å². The van der Waals surface area contributed by atoms with Crippen molar-refractivity contribution >= 4 is 17.9 Å². The summed E-state index contributed by atoms with van der Waals surface area (Å²) in [6, 6.07) is 16.8. The van der Waals surface area contributed by atoms with Crippen LogP contribution in [0.2, 0.25) is 0 Å². The summed E-state index contributed by atoms with van der Waals surface area (Å²) in [5.41, 5.74) is 1.75. The van der Waals surface area contributed by atoms with Gasteiger partial charge in [0.25, 0.3) is 5.91 Å². The predicted octanol–water partition coefficient (Wildman–Crippen LogP) is 3.70. The standard InChI is InChI=1S/C22H24N2O4/c1-15(17-10-6-4-7-11-17)23-19(14-20(25)28-3)21(26)24(22(23)27)16(2)18-12-8-5-9-13-18/h4-13,15-16,19H,14H2,1-3H3/t15-,16-,19?/m0/s1. The Kier molecular flexibility index (Phi) is 5.78. The lowest BCUT2D eigenvalue weighted by Gasteiger charge is -2.29. The molecular formula is C22H24N2O4. The van der Waals surface area contributed by atoms with Gasteiger partial charge in [-0.2, -0.15) is 0 Å². The Morgan fingerprint density at radius 3 is 1.93 bits per heavy atom. The Morgan fingerprint density at radius 1 is 0.929 bits per heavy atom. The van der Waals surface area contributed by atoms with Crippen LogP contribution in [0.15, 0.2) is 60.7 Å². The number of ether oxygens (including phenoxy) is 1. The van der Waals surface area contributed by atoms with E-state index in [0.717, 1.165) is 11.1 Å². The fourth-order valence-electron chi connectivity index (χ4n) is 3.62. The minimum Gasteiger partial charge on any atom is -0.469 e. The fraction of sp³-hybridized carbons (Fsp3) is 0.318. The van der Waals surface area contributed by atoms with Crippen molar-refractivity contribution in [2.75, 3.05) is 7.11 Å². The summed E-state index contributed by atoms with van der Waals surface area (Å²) in [5, 5.41) is 0. The number of amides is 3. The molecule has 3 rings (SSSR count). The lowest BCUT2D eigenvalue weighted by atomic mass is 10.0. The first-order valence-electron chi connectivity index (χ1n) is 9.27. The first-order valence-corrected chi connectivity index (χ1v) is 9.27. The minimum absolute atomic E-state index is 0.170. The molecule has 2 aromatic rings. The van der Waals surface area contributed by atoms with E-state index in [4.69, 9.17) is 4.74 Å². The first kappa shape index (κ1) is 19.6. The molecule has 1 aliphatic rings. The molecule has 1 aliphatic heterocycles.